The molecule has 0 aromatic rings. The Labute approximate surface area is 80.8 Å². The van der Waals surface area contributed by atoms with E-state index in [4.69, 9.17) is 10.5 Å². The predicted octanol–water partition coefficient (Wildman–Crippen LogP) is 2.07. The van der Waals surface area contributed by atoms with E-state index in [2.05, 4.69) is 6.92 Å². The summed E-state index contributed by atoms with van der Waals surface area (Å²) in [6.07, 6.45) is 8.13. The van der Waals surface area contributed by atoms with E-state index in [1.807, 2.05) is 0 Å². The van der Waals surface area contributed by atoms with Crippen molar-refractivity contribution in [1.82, 2.24) is 0 Å². The molecule has 1 spiro atoms. The van der Waals surface area contributed by atoms with Crippen LogP contribution in [0.2, 0.25) is 0 Å². The van der Waals surface area contributed by atoms with Crippen LogP contribution in [0.15, 0.2) is 0 Å². The second-order valence-corrected chi connectivity index (χ2v) is 4.73. The number of hydrogen-bond donors (Lipinski definition) is 1. The van der Waals surface area contributed by atoms with E-state index in [0.29, 0.717) is 12.6 Å². The van der Waals surface area contributed by atoms with Gasteiger partial charge in [-0.2, -0.15) is 0 Å². The van der Waals surface area contributed by atoms with Crippen molar-refractivity contribution in [2.24, 2.45) is 11.7 Å². The second kappa shape index (κ2) is 3.58. The fourth-order valence-electron chi connectivity index (χ4n) is 2.95. The Balaban J connectivity index is 2.03. The Bertz CT molecular complexity index is 183. The summed E-state index contributed by atoms with van der Waals surface area (Å²) in [7, 11) is 0. The Kier molecular flexibility index (Phi) is 2.61. The van der Waals surface area contributed by atoms with E-state index in [1.165, 1.54) is 38.5 Å². The van der Waals surface area contributed by atoms with Crippen molar-refractivity contribution in [1.29, 1.82) is 0 Å². The van der Waals surface area contributed by atoms with Crippen LogP contribution in [0.5, 0.6) is 0 Å². The van der Waals surface area contributed by atoms with Crippen LogP contribution in [-0.4, -0.2) is 18.2 Å². The largest absolute Gasteiger partial charge is 0.370 e. The molecule has 2 N–H and O–H groups in total. The van der Waals surface area contributed by atoms with Gasteiger partial charge >= 0.3 is 0 Å². The van der Waals surface area contributed by atoms with Crippen molar-refractivity contribution in [3.63, 3.8) is 0 Å². The summed E-state index contributed by atoms with van der Waals surface area (Å²) in [5, 5.41) is 0. The SMILES string of the molecule is CC1CCCCC12CCC(CN)O2. The Hall–Kier alpha value is -0.0800. The standard InChI is InChI=1S/C11H21NO/c1-9-4-2-3-6-11(9)7-5-10(8-12)13-11/h9-10H,2-8,12H2,1H3. The summed E-state index contributed by atoms with van der Waals surface area (Å²) in [4.78, 5) is 0. The zero-order chi connectivity index (χ0) is 9.31. The molecular formula is C11H21NO. The number of rotatable bonds is 1. The summed E-state index contributed by atoms with van der Waals surface area (Å²) in [5.74, 6) is 0.748. The molecule has 1 aliphatic heterocycles. The van der Waals surface area contributed by atoms with Gasteiger partial charge in [0.1, 0.15) is 0 Å². The summed E-state index contributed by atoms with van der Waals surface area (Å²) in [6.45, 7) is 3.05. The lowest BCUT2D eigenvalue weighted by molar-refractivity contribution is -0.0922. The third-order valence-electron chi connectivity index (χ3n) is 3.94. The van der Waals surface area contributed by atoms with Crippen molar-refractivity contribution in [2.45, 2.75) is 57.2 Å². The quantitative estimate of drug-likeness (QED) is 0.675. The minimum Gasteiger partial charge on any atom is -0.370 e. The van der Waals surface area contributed by atoms with Gasteiger partial charge in [-0.25, -0.2) is 0 Å². The fraction of sp³-hybridized carbons (Fsp3) is 1.00. The molecule has 76 valence electrons. The molecule has 3 unspecified atom stereocenters. The minimum absolute atomic E-state index is 0.224. The van der Waals surface area contributed by atoms with Gasteiger partial charge in [0.2, 0.25) is 0 Å². The molecule has 1 aliphatic carbocycles. The van der Waals surface area contributed by atoms with E-state index < -0.39 is 0 Å². The summed E-state index contributed by atoms with van der Waals surface area (Å²) in [6, 6.07) is 0. The first-order valence-corrected chi connectivity index (χ1v) is 5.65. The van der Waals surface area contributed by atoms with Gasteiger partial charge in [0, 0.05) is 6.54 Å². The van der Waals surface area contributed by atoms with Crippen LogP contribution >= 0.6 is 0 Å². The molecule has 0 radical (unpaired) electrons. The third kappa shape index (κ3) is 1.62. The molecular weight excluding hydrogens is 162 g/mol. The topological polar surface area (TPSA) is 35.2 Å². The molecule has 1 saturated carbocycles. The highest BCUT2D eigenvalue weighted by Gasteiger charge is 2.44. The van der Waals surface area contributed by atoms with Crippen molar-refractivity contribution in [3.05, 3.63) is 0 Å². The normalized spacial score (nSPS) is 45.7. The molecule has 3 atom stereocenters. The molecule has 13 heavy (non-hydrogen) atoms. The zero-order valence-electron chi connectivity index (χ0n) is 8.59. The van der Waals surface area contributed by atoms with Gasteiger partial charge in [-0.15, -0.1) is 0 Å². The highest BCUT2D eigenvalue weighted by molar-refractivity contribution is 4.95. The van der Waals surface area contributed by atoms with Crippen LogP contribution in [0.1, 0.15) is 45.4 Å². The van der Waals surface area contributed by atoms with Crippen molar-refractivity contribution >= 4 is 0 Å². The average Bonchev–Trinajstić information content (AvgIpc) is 2.56. The molecule has 0 aromatic carbocycles. The molecule has 2 nitrogen and oxygen atoms in total. The van der Waals surface area contributed by atoms with Crippen LogP contribution in [0.4, 0.5) is 0 Å². The second-order valence-electron chi connectivity index (χ2n) is 4.73. The summed E-state index contributed by atoms with van der Waals surface area (Å²) in [5.41, 5.74) is 5.87. The van der Waals surface area contributed by atoms with Gasteiger partial charge in [-0.1, -0.05) is 19.8 Å². The van der Waals surface area contributed by atoms with E-state index in [0.717, 1.165) is 5.92 Å². The molecule has 2 aliphatic rings. The van der Waals surface area contributed by atoms with Gasteiger partial charge in [0.25, 0.3) is 0 Å². The number of hydrogen-bond acceptors (Lipinski definition) is 2. The first-order chi connectivity index (χ1) is 6.27. The first-order valence-electron chi connectivity index (χ1n) is 5.65. The zero-order valence-corrected chi connectivity index (χ0v) is 8.59. The Morgan fingerprint density at radius 2 is 2.15 bits per heavy atom. The van der Waals surface area contributed by atoms with Gasteiger partial charge in [0.15, 0.2) is 0 Å². The molecule has 2 rings (SSSR count). The maximum atomic E-state index is 6.13. The van der Waals surface area contributed by atoms with Crippen LogP contribution in [0.3, 0.4) is 0 Å². The Morgan fingerprint density at radius 1 is 1.31 bits per heavy atom. The van der Waals surface area contributed by atoms with E-state index in [9.17, 15) is 0 Å². The highest BCUT2D eigenvalue weighted by Crippen LogP contribution is 2.45. The summed E-state index contributed by atoms with van der Waals surface area (Å²) < 4.78 is 6.13. The molecule has 0 bridgehead atoms. The highest BCUT2D eigenvalue weighted by atomic mass is 16.5. The molecule has 1 saturated heterocycles. The third-order valence-corrected chi connectivity index (χ3v) is 3.94. The summed E-state index contributed by atoms with van der Waals surface area (Å²) >= 11 is 0. The smallest absolute Gasteiger partial charge is 0.0713 e. The van der Waals surface area contributed by atoms with Gasteiger partial charge < -0.3 is 10.5 Å². The van der Waals surface area contributed by atoms with Crippen LogP contribution in [0.25, 0.3) is 0 Å². The van der Waals surface area contributed by atoms with Gasteiger partial charge in [-0.3, -0.25) is 0 Å². The van der Waals surface area contributed by atoms with Gasteiger partial charge in [0.05, 0.1) is 11.7 Å². The van der Waals surface area contributed by atoms with Crippen LogP contribution < -0.4 is 5.73 Å². The van der Waals surface area contributed by atoms with Crippen LogP contribution in [0, 0.1) is 5.92 Å². The maximum Gasteiger partial charge on any atom is 0.0713 e. The lowest BCUT2D eigenvalue weighted by Gasteiger charge is -2.39. The average molecular weight is 183 g/mol. The Morgan fingerprint density at radius 3 is 2.77 bits per heavy atom. The van der Waals surface area contributed by atoms with Crippen molar-refractivity contribution < 1.29 is 4.74 Å². The fourth-order valence-corrected chi connectivity index (χ4v) is 2.95. The molecule has 2 fully saturated rings. The molecule has 1 heterocycles. The monoisotopic (exact) mass is 183 g/mol. The maximum absolute atomic E-state index is 6.13. The van der Waals surface area contributed by atoms with E-state index in [-0.39, 0.29) is 5.60 Å². The predicted molar refractivity (Wildman–Crippen MR) is 53.5 cm³/mol. The van der Waals surface area contributed by atoms with Gasteiger partial charge in [-0.05, 0) is 31.6 Å². The molecule has 0 amide bonds. The number of nitrogens with two attached hydrogens (primary N) is 1. The lowest BCUT2D eigenvalue weighted by atomic mass is 9.75. The first kappa shape index (κ1) is 9.47. The van der Waals surface area contributed by atoms with E-state index >= 15 is 0 Å². The van der Waals surface area contributed by atoms with Crippen molar-refractivity contribution in [3.8, 4) is 0 Å². The van der Waals surface area contributed by atoms with Crippen LogP contribution in [-0.2, 0) is 4.74 Å². The molecule has 0 aromatic heterocycles. The molecule has 2 heteroatoms. The minimum atomic E-state index is 0.224. The number of ether oxygens (including phenoxy) is 1. The van der Waals surface area contributed by atoms with Crippen molar-refractivity contribution in [2.75, 3.05) is 6.54 Å². The lowest BCUT2D eigenvalue weighted by Crippen LogP contribution is -2.40. The van der Waals surface area contributed by atoms with E-state index in [1.54, 1.807) is 0 Å².